The minimum atomic E-state index is 0.513. The van der Waals surface area contributed by atoms with Crippen molar-refractivity contribution in [1.29, 1.82) is 0 Å². The first-order valence-electron chi connectivity index (χ1n) is 6.82. The minimum Gasteiger partial charge on any atom is -0.261 e. The van der Waals surface area contributed by atoms with Crippen molar-refractivity contribution in [3.8, 4) is 0 Å². The first-order valence-corrected chi connectivity index (χ1v) is 6.82. The van der Waals surface area contributed by atoms with Gasteiger partial charge in [-0.05, 0) is 36.5 Å². The predicted octanol–water partition coefficient (Wildman–Crippen LogP) is 4.77. The fourth-order valence-electron chi connectivity index (χ4n) is 2.75. The third-order valence-corrected chi connectivity index (χ3v) is 3.66. The fourth-order valence-corrected chi connectivity index (χ4v) is 2.75. The SMILES string of the molecule is CC[C@H](c1ccccn1)[C@@H](CC)c1ccccc1. The van der Waals surface area contributed by atoms with Gasteiger partial charge in [-0.2, -0.15) is 0 Å². The van der Waals surface area contributed by atoms with Crippen LogP contribution in [0, 0.1) is 0 Å². The quantitative estimate of drug-likeness (QED) is 0.732. The maximum Gasteiger partial charge on any atom is 0.0440 e. The molecule has 0 spiro atoms. The highest BCUT2D eigenvalue weighted by Crippen LogP contribution is 2.36. The summed E-state index contributed by atoms with van der Waals surface area (Å²) in [5.41, 5.74) is 2.65. The van der Waals surface area contributed by atoms with Crippen molar-refractivity contribution in [1.82, 2.24) is 4.98 Å². The Hall–Kier alpha value is -1.63. The average molecular weight is 239 g/mol. The highest BCUT2D eigenvalue weighted by atomic mass is 14.7. The average Bonchev–Trinajstić information content (AvgIpc) is 2.46. The molecule has 1 nitrogen and oxygen atoms in total. The molecule has 1 heterocycles. The molecular formula is C17H21N. The Bertz CT molecular complexity index is 404. The highest BCUT2D eigenvalue weighted by Gasteiger charge is 2.22. The van der Waals surface area contributed by atoms with Crippen molar-refractivity contribution in [2.45, 2.75) is 38.5 Å². The number of pyridine rings is 1. The Morgan fingerprint density at radius 2 is 1.50 bits per heavy atom. The van der Waals surface area contributed by atoms with Crippen LogP contribution in [0.25, 0.3) is 0 Å². The molecule has 18 heavy (non-hydrogen) atoms. The summed E-state index contributed by atoms with van der Waals surface area (Å²) in [5, 5.41) is 0. The van der Waals surface area contributed by atoms with Gasteiger partial charge in [-0.15, -0.1) is 0 Å². The number of hydrogen-bond acceptors (Lipinski definition) is 1. The van der Waals surface area contributed by atoms with E-state index < -0.39 is 0 Å². The van der Waals surface area contributed by atoms with E-state index in [1.54, 1.807) is 0 Å². The predicted molar refractivity (Wildman–Crippen MR) is 76.7 cm³/mol. The van der Waals surface area contributed by atoms with E-state index in [2.05, 4.69) is 61.3 Å². The molecule has 0 N–H and O–H groups in total. The molecule has 2 aromatic rings. The van der Waals surface area contributed by atoms with Gasteiger partial charge in [-0.3, -0.25) is 4.98 Å². The number of hydrogen-bond donors (Lipinski definition) is 0. The molecule has 0 aliphatic carbocycles. The lowest BCUT2D eigenvalue weighted by atomic mass is 9.80. The van der Waals surface area contributed by atoms with Gasteiger partial charge in [-0.25, -0.2) is 0 Å². The standard InChI is InChI=1S/C17H21N/c1-3-15(14-10-6-5-7-11-14)16(4-2)17-12-8-9-13-18-17/h5-13,15-16H,3-4H2,1-2H3/t15-,16-/m0/s1. The van der Waals surface area contributed by atoms with Gasteiger partial charge in [0.1, 0.15) is 0 Å². The number of aromatic nitrogens is 1. The molecule has 0 saturated carbocycles. The molecule has 94 valence electrons. The topological polar surface area (TPSA) is 12.9 Å². The zero-order valence-corrected chi connectivity index (χ0v) is 11.2. The Kier molecular flexibility index (Phi) is 4.52. The summed E-state index contributed by atoms with van der Waals surface area (Å²) in [4.78, 5) is 4.54. The van der Waals surface area contributed by atoms with Crippen LogP contribution in [-0.4, -0.2) is 4.98 Å². The molecule has 1 aromatic heterocycles. The molecule has 0 fully saturated rings. The molecule has 2 atom stereocenters. The number of rotatable bonds is 5. The van der Waals surface area contributed by atoms with Crippen LogP contribution in [0.15, 0.2) is 54.7 Å². The van der Waals surface area contributed by atoms with Crippen molar-refractivity contribution in [2.75, 3.05) is 0 Å². The molecule has 0 unspecified atom stereocenters. The first-order chi connectivity index (χ1) is 8.86. The van der Waals surface area contributed by atoms with Gasteiger partial charge in [0.05, 0.1) is 0 Å². The first kappa shape index (κ1) is 12.8. The van der Waals surface area contributed by atoms with Crippen LogP contribution in [0.1, 0.15) is 49.8 Å². The van der Waals surface area contributed by atoms with E-state index in [9.17, 15) is 0 Å². The third kappa shape index (κ3) is 2.79. The van der Waals surface area contributed by atoms with Gasteiger partial charge in [0, 0.05) is 17.8 Å². The molecule has 2 rings (SSSR count). The molecule has 1 heteroatoms. The summed E-state index contributed by atoms with van der Waals surface area (Å²) in [5.74, 6) is 1.07. The number of nitrogens with zero attached hydrogens (tertiary/aromatic N) is 1. The normalized spacial score (nSPS) is 14.1. The molecule has 0 amide bonds. The van der Waals surface area contributed by atoms with Gasteiger partial charge in [0.15, 0.2) is 0 Å². The summed E-state index contributed by atoms with van der Waals surface area (Å²) >= 11 is 0. The zero-order chi connectivity index (χ0) is 12.8. The zero-order valence-electron chi connectivity index (χ0n) is 11.2. The van der Waals surface area contributed by atoms with E-state index >= 15 is 0 Å². The second kappa shape index (κ2) is 6.34. The smallest absolute Gasteiger partial charge is 0.0440 e. The monoisotopic (exact) mass is 239 g/mol. The molecule has 0 aliphatic heterocycles. The fraction of sp³-hybridized carbons (Fsp3) is 0.353. The summed E-state index contributed by atoms with van der Waals surface area (Å²) in [6, 6.07) is 17.0. The van der Waals surface area contributed by atoms with Crippen LogP contribution < -0.4 is 0 Å². The van der Waals surface area contributed by atoms with Gasteiger partial charge in [0.25, 0.3) is 0 Å². The third-order valence-electron chi connectivity index (χ3n) is 3.66. The summed E-state index contributed by atoms with van der Waals surface area (Å²) < 4.78 is 0. The van der Waals surface area contributed by atoms with Crippen LogP contribution >= 0.6 is 0 Å². The molecule has 0 radical (unpaired) electrons. The lowest BCUT2D eigenvalue weighted by Gasteiger charge is -2.25. The van der Waals surface area contributed by atoms with Crippen molar-refractivity contribution >= 4 is 0 Å². The largest absolute Gasteiger partial charge is 0.261 e. The van der Waals surface area contributed by atoms with Crippen LogP contribution in [0.4, 0.5) is 0 Å². The van der Waals surface area contributed by atoms with Crippen molar-refractivity contribution in [3.05, 3.63) is 66.0 Å². The second-order valence-electron chi connectivity index (χ2n) is 4.69. The maximum atomic E-state index is 4.54. The van der Waals surface area contributed by atoms with E-state index in [1.165, 1.54) is 11.3 Å². The Labute approximate surface area is 110 Å². The van der Waals surface area contributed by atoms with Crippen LogP contribution in [0.2, 0.25) is 0 Å². The lowest BCUT2D eigenvalue weighted by molar-refractivity contribution is 0.500. The van der Waals surface area contributed by atoms with E-state index in [1.807, 2.05) is 12.3 Å². The summed E-state index contributed by atoms with van der Waals surface area (Å²) in [6.45, 7) is 4.52. The van der Waals surface area contributed by atoms with E-state index in [0.29, 0.717) is 11.8 Å². The lowest BCUT2D eigenvalue weighted by Crippen LogP contribution is -2.11. The van der Waals surface area contributed by atoms with Crippen molar-refractivity contribution in [3.63, 3.8) is 0 Å². The van der Waals surface area contributed by atoms with Crippen LogP contribution in [-0.2, 0) is 0 Å². The van der Waals surface area contributed by atoms with Gasteiger partial charge < -0.3 is 0 Å². The molecule has 0 bridgehead atoms. The molecule has 0 saturated heterocycles. The van der Waals surface area contributed by atoms with Crippen LogP contribution in [0.3, 0.4) is 0 Å². The second-order valence-corrected chi connectivity index (χ2v) is 4.69. The van der Waals surface area contributed by atoms with Crippen molar-refractivity contribution in [2.24, 2.45) is 0 Å². The molecule has 1 aromatic carbocycles. The Morgan fingerprint density at radius 3 is 2.06 bits per heavy atom. The van der Waals surface area contributed by atoms with Crippen molar-refractivity contribution < 1.29 is 0 Å². The number of benzene rings is 1. The van der Waals surface area contributed by atoms with Gasteiger partial charge in [-0.1, -0.05) is 50.2 Å². The van der Waals surface area contributed by atoms with E-state index in [0.717, 1.165) is 12.8 Å². The maximum absolute atomic E-state index is 4.54. The minimum absolute atomic E-state index is 0.513. The van der Waals surface area contributed by atoms with E-state index in [-0.39, 0.29) is 0 Å². The van der Waals surface area contributed by atoms with Gasteiger partial charge in [0.2, 0.25) is 0 Å². The Morgan fingerprint density at radius 1 is 0.833 bits per heavy atom. The highest BCUT2D eigenvalue weighted by molar-refractivity contribution is 5.25. The van der Waals surface area contributed by atoms with Crippen LogP contribution in [0.5, 0.6) is 0 Å². The summed E-state index contributed by atoms with van der Waals surface area (Å²) in [7, 11) is 0. The molecular weight excluding hydrogens is 218 g/mol. The summed E-state index contributed by atoms with van der Waals surface area (Å²) in [6.07, 6.45) is 4.18. The van der Waals surface area contributed by atoms with E-state index in [4.69, 9.17) is 0 Å². The Balaban J connectivity index is 2.31. The van der Waals surface area contributed by atoms with Gasteiger partial charge >= 0.3 is 0 Å². The molecule has 0 aliphatic rings.